The first kappa shape index (κ1) is 34.6. The van der Waals surface area contributed by atoms with Gasteiger partial charge in [0.2, 0.25) is 0 Å². The van der Waals surface area contributed by atoms with E-state index in [0.29, 0.717) is 32.5 Å². The summed E-state index contributed by atoms with van der Waals surface area (Å²) in [6.45, 7) is 6.78. The monoisotopic (exact) mass is 550 g/mol. The Morgan fingerprint density at radius 2 is 1.50 bits per heavy atom. The molecule has 2 N–H and O–H groups in total. The molecule has 0 saturated heterocycles. The SMILES string of the molecule is COC(=O)CC/C(C)=C/[C@@H](O)C/C=C/C=C/C=C/C=C/C=C/C(C)=C/[C@@H](O)[C@@H](C)COCc1ccc(OC)cc1. The van der Waals surface area contributed by atoms with Gasteiger partial charge in [-0.15, -0.1) is 0 Å². The molecule has 0 aliphatic carbocycles. The van der Waals surface area contributed by atoms with E-state index in [1.54, 1.807) is 13.2 Å². The first-order valence-corrected chi connectivity index (χ1v) is 13.6. The molecule has 0 bridgehead atoms. The number of esters is 1. The van der Waals surface area contributed by atoms with Crippen molar-refractivity contribution in [2.45, 2.75) is 58.8 Å². The maximum Gasteiger partial charge on any atom is 0.305 e. The van der Waals surface area contributed by atoms with Gasteiger partial charge in [0.15, 0.2) is 0 Å². The molecule has 40 heavy (non-hydrogen) atoms. The molecule has 3 atom stereocenters. The molecular formula is C34H46O6. The molecule has 0 unspecified atom stereocenters. The van der Waals surface area contributed by atoms with Crippen LogP contribution in [-0.2, 0) is 20.9 Å². The first-order chi connectivity index (χ1) is 19.2. The van der Waals surface area contributed by atoms with E-state index in [2.05, 4.69) is 4.74 Å². The predicted molar refractivity (Wildman–Crippen MR) is 163 cm³/mol. The molecule has 6 heteroatoms. The van der Waals surface area contributed by atoms with Crippen LogP contribution in [0.2, 0.25) is 0 Å². The Hall–Kier alpha value is -3.45. The standard InChI is InChI=1S/C34H46O6/c1-27(24-33(36)29(3)25-40-26-30-18-20-32(38-4)21-19-30)15-13-11-9-7-6-8-10-12-14-16-31(35)23-28(2)17-22-34(37)39-5/h6-15,18-21,23-24,29,31,33,35-36H,16-17,22,25-26H2,1-5H3/b7-6+,10-8+,11-9+,14-12+,15-13+,27-24+,28-23+/t29-,31-,33+/m0/s1. The zero-order valence-corrected chi connectivity index (χ0v) is 24.5. The average molecular weight is 551 g/mol. The Bertz CT molecular complexity index is 1060. The molecule has 0 aliphatic rings. The largest absolute Gasteiger partial charge is 0.497 e. The zero-order valence-electron chi connectivity index (χ0n) is 24.5. The number of aliphatic hydroxyl groups is 2. The summed E-state index contributed by atoms with van der Waals surface area (Å²) in [6, 6.07) is 7.75. The minimum atomic E-state index is -0.588. The number of aliphatic hydroxyl groups excluding tert-OH is 2. The number of rotatable bonds is 18. The molecular weight excluding hydrogens is 504 g/mol. The van der Waals surface area contributed by atoms with Crippen LogP contribution in [-0.4, -0.2) is 49.2 Å². The normalized spacial score (nSPS) is 15.6. The van der Waals surface area contributed by atoms with Crippen LogP contribution in [0.25, 0.3) is 0 Å². The number of methoxy groups -OCH3 is 2. The van der Waals surface area contributed by atoms with Crippen molar-refractivity contribution >= 4 is 5.97 Å². The van der Waals surface area contributed by atoms with Crippen molar-refractivity contribution in [3.8, 4) is 5.75 Å². The molecule has 1 aromatic rings. The summed E-state index contributed by atoms with van der Waals surface area (Å²) in [5, 5.41) is 20.5. The number of carbonyl (C=O) groups is 1. The lowest BCUT2D eigenvalue weighted by molar-refractivity contribution is -0.140. The van der Waals surface area contributed by atoms with E-state index >= 15 is 0 Å². The van der Waals surface area contributed by atoms with Crippen LogP contribution in [0, 0.1) is 5.92 Å². The molecule has 0 fully saturated rings. The number of ether oxygens (including phenoxy) is 3. The van der Waals surface area contributed by atoms with Crippen LogP contribution in [0.5, 0.6) is 5.75 Å². The van der Waals surface area contributed by atoms with Crippen LogP contribution < -0.4 is 4.74 Å². The Kier molecular flexibility index (Phi) is 18.5. The Morgan fingerprint density at radius 1 is 0.875 bits per heavy atom. The molecule has 218 valence electrons. The fraction of sp³-hybridized carbons (Fsp3) is 0.382. The summed E-state index contributed by atoms with van der Waals surface area (Å²) in [5.74, 6) is 0.544. The summed E-state index contributed by atoms with van der Waals surface area (Å²) in [6.07, 6.45) is 23.0. The van der Waals surface area contributed by atoms with E-state index in [4.69, 9.17) is 9.47 Å². The lowest BCUT2D eigenvalue weighted by Crippen LogP contribution is -2.20. The predicted octanol–water partition coefficient (Wildman–Crippen LogP) is 6.59. The molecule has 0 radical (unpaired) electrons. The Labute approximate surface area is 240 Å². The molecule has 1 rings (SSSR count). The van der Waals surface area contributed by atoms with Crippen LogP contribution in [0.1, 0.15) is 45.6 Å². The summed E-state index contributed by atoms with van der Waals surface area (Å²) < 4.78 is 15.5. The number of carbonyl (C=O) groups excluding carboxylic acids is 1. The van der Waals surface area contributed by atoms with Gasteiger partial charge in [-0.3, -0.25) is 4.79 Å². The average Bonchev–Trinajstić information content (AvgIpc) is 2.94. The molecule has 0 aliphatic heterocycles. The molecule has 0 amide bonds. The summed E-state index contributed by atoms with van der Waals surface area (Å²) in [5.41, 5.74) is 3.01. The van der Waals surface area contributed by atoms with Crippen LogP contribution in [0.3, 0.4) is 0 Å². The highest BCUT2D eigenvalue weighted by molar-refractivity contribution is 5.69. The highest BCUT2D eigenvalue weighted by atomic mass is 16.5. The van der Waals surface area contributed by atoms with Gasteiger partial charge >= 0.3 is 5.97 Å². The third kappa shape index (κ3) is 17.2. The summed E-state index contributed by atoms with van der Waals surface area (Å²) in [4.78, 5) is 11.2. The maximum atomic E-state index is 11.2. The Balaban J connectivity index is 2.30. The van der Waals surface area contributed by atoms with Crippen molar-refractivity contribution in [2.24, 2.45) is 5.92 Å². The van der Waals surface area contributed by atoms with E-state index in [1.807, 2.05) is 112 Å². The molecule has 0 saturated carbocycles. The second-order valence-electron chi connectivity index (χ2n) is 9.58. The topological polar surface area (TPSA) is 85.2 Å². The van der Waals surface area contributed by atoms with E-state index in [9.17, 15) is 15.0 Å². The van der Waals surface area contributed by atoms with Crippen molar-refractivity contribution in [3.63, 3.8) is 0 Å². The number of benzene rings is 1. The van der Waals surface area contributed by atoms with Crippen molar-refractivity contribution < 1.29 is 29.2 Å². The maximum absolute atomic E-state index is 11.2. The molecule has 0 heterocycles. The van der Waals surface area contributed by atoms with Gasteiger partial charge in [0.05, 0.1) is 39.6 Å². The fourth-order valence-corrected chi connectivity index (χ4v) is 3.44. The minimum absolute atomic E-state index is 0.0252. The van der Waals surface area contributed by atoms with Crippen molar-refractivity contribution in [1.82, 2.24) is 0 Å². The van der Waals surface area contributed by atoms with Crippen molar-refractivity contribution in [1.29, 1.82) is 0 Å². The molecule has 1 aromatic carbocycles. The molecule has 6 nitrogen and oxygen atoms in total. The Morgan fingerprint density at radius 3 is 2.12 bits per heavy atom. The van der Waals surface area contributed by atoms with Gasteiger partial charge in [-0.05, 0) is 44.4 Å². The summed E-state index contributed by atoms with van der Waals surface area (Å²) in [7, 11) is 3.01. The number of hydrogen-bond acceptors (Lipinski definition) is 6. The van der Waals surface area contributed by atoms with Gasteiger partial charge in [0.25, 0.3) is 0 Å². The van der Waals surface area contributed by atoms with E-state index in [0.717, 1.165) is 22.5 Å². The lowest BCUT2D eigenvalue weighted by atomic mass is 10.0. The quantitative estimate of drug-likeness (QED) is 0.122. The van der Waals surface area contributed by atoms with Crippen molar-refractivity contribution in [2.75, 3.05) is 20.8 Å². The van der Waals surface area contributed by atoms with Gasteiger partial charge in [-0.25, -0.2) is 0 Å². The molecule has 0 spiro atoms. The summed E-state index contributed by atoms with van der Waals surface area (Å²) >= 11 is 0. The highest BCUT2D eigenvalue weighted by Crippen LogP contribution is 2.14. The van der Waals surface area contributed by atoms with E-state index in [-0.39, 0.29) is 11.9 Å². The fourth-order valence-electron chi connectivity index (χ4n) is 3.44. The second-order valence-corrected chi connectivity index (χ2v) is 9.58. The van der Waals surface area contributed by atoms with Crippen molar-refractivity contribution in [3.05, 3.63) is 114 Å². The van der Waals surface area contributed by atoms with Crippen LogP contribution in [0.4, 0.5) is 0 Å². The van der Waals surface area contributed by atoms with Crippen LogP contribution >= 0.6 is 0 Å². The van der Waals surface area contributed by atoms with E-state index in [1.165, 1.54) is 7.11 Å². The van der Waals surface area contributed by atoms with Gasteiger partial charge in [-0.1, -0.05) is 103 Å². The van der Waals surface area contributed by atoms with Crippen LogP contribution in [0.15, 0.2) is 108 Å². The third-order valence-corrected chi connectivity index (χ3v) is 5.90. The highest BCUT2D eigenvalue weighted by Gasteiger charge is 2.12. The van der Waals surface area contributed by atoms with Gasteiger partial charge < -0.3 is 24.4 Å². The second kappa shape index (κ2) is 21.4. The molecule has 0 aromatic heterocycles. The van der Waals surface area contributed by atoms with Gasteiger partial charge in [0, 0.05) is 12.3 Å². The van der Waals surface area contributed by atoms with Gasteiger partial charge in [0.1, 0.15) is 5.75 Å². The third-order valence-electron chi connectivity index (χ3n) is 5.90. The number of allylic oxidation sites excluding steroid dienone is 11. The minimum Gasteiger partial charge on any atom is -0.497 e. The first-order valence-electron chi connectivity index (χ1n) is 13.6. The van der Waals surface area contributed by atoms with E-state index < -0.39 is 12.2 Å². The number of hydrogen-bond donors (Lipinski definition) is 2. The van der Waals surface area contributed by atoms with Gasteiger partial charge in [-0.2, -0.15) is 0 Å². The smallest absolute Gasteiger partial charge is 0.305 e. The lowest BCUT2D eigenvalue weighted by Gasteiger charge is -2.16. The zero-order chi connectivity index (χ0) is 29.6.